The van der Waals surface area contributed by atoms with Crippen LogP contribution in [0, 0.1) is 5.41 Å². The van der Waals surface area contributed by atoms with Crippen molar-refractivity contribution in [3.8, 4) is 0 Å². The van der Waals surface area contributed by atoms with Crippen LogP contribution in [-0.4, -0.2) is 11.7 Å². The fraction of sp³-hybridized carbons (Fsp3) is 0.364. The monoisotopic (exact) mass is 364 g/mol. The number of para-hydroxylation sites is 2. The van der Waals surface area contributed by atoms with Gasteiger partial charge in [0.05, 0.1) is 17.6 Å². The molecule has 1 aromatic carbocycles. The molecule has 4 rings (SSSR count). The fourth-order valence-corrected chi connectivity index (χ4v) is 4.15. The van der Waals surface area contributed by atoms with Crippen molar-refractivity contribution in [3.05, 3.63) is 59.7 Å². The highest BCUT2D eigenvalue weighted by Crippen LogP contribution is 2.48. The van der Waals surface area contributed by atoms with Crippen LogP contribution in [0.25, 0.3) is 0 Å². The van der Waals surface area contributed by atoms with Crippen LogP contribution in [0.2, 0.25) is 0 Å². The molecule has 1 aromatic heterocycles. The molecule has 1 unspecified atom stereocenters. The van der Waals surface area contributed by atoms with E-state index in [1.165, 1.54) is 0 Å². The Kier molecular flexibility index (Phi) is 4.17. The number of nitrogens with one attached hydrogen (secondary N) is 1. The Morgan fingerprint density at radius 1 is 1.22 bits per heavy atom. The van der Waals surface area contributed by atoms with E-state index in [-0.39, 0.29) is 17.1 Å². The summed E-state index contributed by atoms with van der Waals surface area (Å²) in [4.78, 5) is 28.0. The molecule has 0 saturated carbocycles. The highest BCUT2D eigenvalue weighted by Gasteiger charge is 2.43. The molecule has 2 aliphatic rings. The molecular weight excluding hydrogens is 340 g/mol. The first-order valence-corrected chi connectivity index (χ1v) is 9.39. The minimum atomic E-state index is -0.554. The molecule has 140 valence electrons. The van der Waals surface area contributed by atoms with E-state index in [1.54, 1.807) is 17.2 Å². The first kappa shape index (κ1) is 17.6. The van der Waals surface area contributed by atoms with E-state index in [1.807, 2.05) is 37.3 Å². The number of furan rings is 1. The Morgan fingerprint density at radius 2 is 2.00 bits per heavy atom. The number of anilines is 2. The van der Waals surface area contributed by atoms with Gasteiger partial charge in [0.2, 0.25) is 5.91 Å². The molecule has 0 bridgehead atoms. The number of carbonyl (C=O) groups excluding carboxylic acids is 2. The molecule has 2 aromatic rings. The van der Waals surface area contributed by atoms with Crippen molar-refractivity contribution >= 4 is 23.1 Å². The van der Waals surface area contributed by atoms with Gasteiger partial charge in [-0.3, -0.25) is 14.5 Å². The Hall–Kier alpha value is -2.82. The van der Waals surface area contributed by atoms with Crippen molar-refractivity contribution in [2.45, 2.75) is 46.1 Å². The smallest absolute Gasteiger partial charge is 0.227 e. The van der Waals surface area contributed by atoms with E-state index in [0.717, 1.165) is 23.5 Å². The molecule has 27 heavy (non-hydrogen) atoms. The predicted octanol–water partition coefficient (Wildman–Crippen LogP) is 4.83. The van der Waals surface area contributed by atoms with Gasteiger partial charge in [-0.2, -0.15) is 0 Å². The van der Waals surface area contributed by atoms with Crippen LogP contribution in [0.15, 0.2) is 58.3 Å². The van der Waals surface area contributed by atoms with Crippen LogP contribution in [-0.2, 0) is 9.59 Å². The molecule has 2 heterocycles. The molecule has 0 spiro atoms. The summed E-state index contributed by atoms with van der Waals surface area (Å²) >= 11 is 0. The lowest BCUT2D eigenvalue weighted by Gasteiger charge is -2.36. The van der Waals surface area contributed by atoms with Crippen molar-refractivity contribution in [3.63, 3.8) is 0 Å². The number of Topliss-reactive ketones (excluding diaryl/α,β-unsaturated/α-hetero) is 1. The van der Waals surface area contributed by atoms with Gasteiger partial charge < -0.3 is 9.73 Å². The van der Waals surface area contributed by atoms with Crippen LogP contribution < -0.4 is 10.2 Å². The summed E-state index contributed by atoms with van der Waals surface area (Å²) in [5, 5.41) is 3.47. The zero-order valence-corrected chi connectivity index (χ0v) is 15.9. The molecule has 1 aliphatic heterocycles. The number of rotatable bonds is 2. The van der Waals surface area contributed by atoms with Crippen molar-refractivity contribution in [1.29, 1.82) is 0 Å². The molecule has 1 atom stereocenters. The van der Waals surface area contributed by atoms with E-state index in [4.69, 9.17) is 4.42 Å². The molecule has 0 radical (unpaired) electrons. The summed E-state index contributed by atoms with van der Waals surface area (Å²) in [7, 11) is 0. The van der Waals surface area contributed by atoms with Gasteiger partial charge >= 0.3 is 0 Å². The van der Waals surface area contributed by atoms with Crippen molar-refractivity contribution < 1.29 is 14.0 Å². The second-order valence-corrected chi connectivity index (χ2v) is 8.01. The van der Waals surface area contributed by atoms with Crippen LogP contribution in [0.5, 0.6) is 0 Å². The summed E-state index contributed by atoms with van der Waals surface area (Å²) in [6.45, 7) is 6.04. The SMILES string of the molecule is CCC(=O)N1c2ccccc2NC2=C(C(=O)CC(C)(C)C2)C1c1ccco1. The summed E-state index contributed by atoms with van der Waals surface area (Å²) < 4.78 is 5.71. The number of carbonyl (C=O) groups is 2. The van der Waals surface area contributed by atoms with Gasteiger partial charge in [-0.05, 0) is 36.1 Å². The highest BCUT2D eigenvalue weighted by molar-refractivity contribution is 6.06. The topological polar surface area (TPSA) is 62.6 Å². The van der Waals surface area contributed by atoms with Crippen LogP contribution in [0.4, 0.5) is 11.4 Å². The summed E-state index contributed by atoms with van der Waals surface area (Å²) in [6, 6.07) is 10.8. The minimum Gasteiger partial charge on any atom is -0.467 e. The number of allylic oxidation sites excluding steroid dienone is 1. The van der Waals surface area contributed by atoms with E-state index in [0.29, 0.717) is 24.2 Å². The maximum Gasteiger partial charge on any atom is 0.227 e. The van der Waals surface area contributed by atoms with Gasteiger partial charge in [-0.15, -0.1) is 0 Å². The molecule has 0 saturated heterocycles. The predicted molar refractivity (Wildman–Crippen MR) is 104 cm³/mol. The zero-order valence-electron chi connectivity index (χ0n) is 15.9. The summed E-state index contributed by atoms with van der Waals surface area (Å²) in [5.41, 5.74) is 3.01. The number of hydrogen-bond donors (Lipinski definition) is 1. The largest absolute Gasteiger partial charge is 0.467 e. The third-order valence-corrected chi connectivity index (χ3v) is 5.28. The van der Waals surface area contributed by atoms with Gasteiger partial charge in [0.25, 0.3) is 0 Å². The lowest BCUT2D eigenvalue weighted by atomic mass is 9.74. The Balaban J connectivity index is 2.00. The number of ketones is 1. The van der Waals surface area contributed by atoms with Crippen molar-refractivity contribution in [1.82, 2.24) is 0 Å². The number of hydrogen-bond acceptors (Lipinski definition) is 4. The Morgan fingerprint density at radius 3 is 2.70 bits per heavy atom. The Labute approximate surface area is 159 Å². The second-order valence-electron chi connectivity index (χ2n) is 8.01. The van der Waals surface area contributed by atoms with Crippen molar-refractivity contribution in [2.75, 3.05) is 10.2 Å². The average molecular weight is 364 g/mol. The summed E-state index contributed by atoms with van der Waals surface area (Å²) in [6.07, 6.45) is 3.13. The Bertz CT molecular complexity index is 925. The highest BCUT2D eigenvalue weighted by atomic mass is 16.3. The van der Waals surface area contributed by atoms with E-state index in [9.17, 15) is 9.59 Å². The molecule has 5 nitrogen and oxygen atoms in total. The normalized spacial score (nSPS) is 21.2. The van der Waals surface area contributed by atoms with Gasteiger partial charge in [0.1, 0.15) is 11.8 Å². The minimum absolute atomic E-state index is 0.0444. The molecule has 0 fully saturated rings. The molecule has 1 N–H and O–H groups in total. The van der Waals surface area contributed by atoms with E-state index < -0.39 is 6.04 Å². The van der Waals surface area contributed by atoms with Gasteiger partial charge in [0.15, 0.2) is 5.78 Å². The lowest BCUT2D eigenvalue weighted by Crippen LogP contribution is -2.39. The number of nitrogens with zero attached hydrogens (tertiary/aromatic N) is 1. The number of fused-ring (bicyclic) bond motifs is 1. The maximum absolute atomic E-state index is 13.2. The lowest BCUT2D eigenvalue weighted by molar-refractivity contribution is -0.119. The number of amides is 1. The quantitative estimate of drug-likeness (QED) is 0.829. The van der Waals surface area contributed by atoms with Crippen molar-refractivity contribution in [2.24, 2.45) is 5.41 Å². The van der Waals surface area contributed by atoms with Crippen LogP contribution in [0.1, 0.15) is 51.8 Å². The molecular formula is C22H24N2O3. The third kappa shape index (κ3) is 2.97. The first-order valence-electron chi connectivity index (χ1n) is 9.39. The second kappa shape index (κ2) is 6.41. The summed E-state index contributed by atoms with van der Waals surface area (Å²) in [5.74, 6) is 0.629. The maximum atomic E-state index is 13.2. The van der Waals surface area contributed by atoms with Gasteiger partial charge in [0, 0.05) is 24.1 Å². The van der Waals surface area contributed by atoms with E-state index in [2.05, 4.69) is 19.2 Å². The first-order chi connectivity index (χ1) is 12.9. The van der Waals surface area contributed by atoms with E-state index >= 15 is 0 Å². The number of benzene rings is 1. The molecule has 1 amide bonds. The third-order valence-electron chi connectivity index (χ3n) is 5.28. The van der Waals surface area contributed by atoms with Crippen LogP contribution in [0.3, 0.4) is 0 Å². The molecule has 5 heteroatoms. The van der Waals surface area contributed by atoms with Gasteiger partial charge in [-0.25, -0.2) is 0 Å². The standard InChI is InChI=1S/C22H24N2O3/c1-4-19(26)24-16-9-6-5-8-14(16)23-15-12-22(2,3)13-17(25)20(15)21(24)18-10-7-11-27-18/h5-11,21,23H,4,12-13H2,1-3H3. The fourth-order valence-electron chi connectivity index (χ4n) is 4.15. The van der Waals surface area contributed by atoms with Gasteiger partial charge in [-0.1, -0.05) is 32.9 Å². The average Bonchev–Trinajstić information content (AvgIpc) is 3.09. The van der Waals surface area contributed by atoms with Crippen LogP contribution >= 0.6 is 0 Å². The zero-order chi connectivity index (χ0) is 19.2. The molecule has 1 aliphatic carbocycles.